The Bertz CT molecular complexity index is 622. The highest BCUT2D eigenvalue weighted by Crippen LogP contribution is 2.16. The molecule has 20 heavy (non-hydrogen) atoms. The molecule has 106 valence electrons. The van der Waals surface area contributed by atoms with Crippen molar-refractivity contribution in [1.29, 1.82) is 0 Å². The van der Waals surface area contributed by atoms with Crippen molar-refractivity contribution in [2.24, 2.45) is 0 Å². The van der Waals surface area contributed by atoms with E-state index in [1.165, 1.54) is 11.3 Å². The maximum Gasteiger partial charge on any atom is 0.263 e. The maximum atomic E-state index is 12.0. The summed E-state index contributed by atoms with van der Waals surface area (Å²) in [6.07, 6.45) is 3.32. The van der Waals surface area contributed by atoms with Crippen LogP contribution in [0.25, 0.3) is 11.0 Å². The van der Waals surface area contributed by atoms with E-state index in [9.17, 15) is 4.79 Å². The molecule has 1 amide bonds. The first kappa shape index (κ1) is 13.2. The molecular weight excluding hydrogens is 280 g/mol. The van der Waals surface area contributed by atoms with Gasteiger partial charge in [0.25, 0.3) is 5.91 Å². The molecule has 0 radical (unpaired) electrons. The number of fused-ring (bicyclic) bond motifs is 1. The molecule has 6 nitrogen and oxygen atoms in total. The summed E-state index contributed by atoms with van der Waals surface area (Å²) in [6.45, 7) is 1.59. The van der Waals surface area contributed by atoms with Crippen LogP contribution in [0.15, 0.2) is 18.2 Å². The lowest BCUT2D eigenvalue weighted by Gasteiger charge is -2.26. The highest BCUT2D eigenvalue weighted by atomic mass is 35.5. The fourth-order valence-electron chi connectivity index (χ4n) is 2.32. The lowest BCUT2D eigenvalue weighted by Crippen LogP contribution is -2.40. The number of benzene rings is 1. The third kappa shape index (κ3) is 2.70. The number of halogens is 1. The molecule has 2 heterocycles. The van der Waals surface area contributed by atoms with Gasteiger partial charge in [0, 0.05) is 18.1 Å². The van der Waals surface area contributed by atoms with Gasteiger partial charge in [0.2, 0.25) is 0 Å². The molecule has 0 aliphatic carbocycles. The van der Waals surface area contributed by atoms with Crippen LogP contribution >= 0.6 is 11.6 Å². The molecule has 0 unspecified atom stereocenters. The molecule has 2 aromatic rings. The van der Waals surface area contributed by atoms with Crippen LogP contribution in [-0.2, 0) is 4.79 Å². The van der Waals surface area contributed by atoms with Crippen molar-refractivity contribution in [3.63, 3.8) is 0 Å². The Kier molecular flexibility index (Phi) is 3.73. The van der Waals surface area contributed by atoms with Gasteiger partial charge in [-0.2, -0.15) is 0 Å². The number of aromatic nitrogens is 3. The first-order valence-corrected chi connectivity index (χ1v) is 7.04. The van der Waals surface area contributed by atoms with Crippen LogP contribution < -0.4 is 4.84 Å². The third-order valence-electron chi connectivity index (χ3n) is 3.40. The summed E-state index contributed by atoms with van der Waals surface area (Å²) >= 11 is 5.93. The number of hydrogen-bond donors (Lipinski definition) is 0. The summed E-state index contributed by atoms with van der Waals surface area (Å²) in [5.74, 6) is -0.0182. The monoisotopic (exact) mass is 294 g/mol. The molecule has 1 aromatic heterocycles. The lowest BCUT2D eigenvalue weighted by molar-refractivity contribution is -0.137. The molecule has 1 fully saturated rings. The average Bonchev–Trinajstić information content (AvgIpc) is 2.88. The Morgan fingerprint density at radius 3 is 2.90 bits per heavy atom. The summed E-state index contributed by atoms with van der Waals surface area (Å²) in [7, 11) is 0. The van der Waals surface area contributed by atoms with E-state index in [-0.39, 0.29) is 12.5 Å². The van der Waals surface area contributed by atoms with Crippen LogP contribution in [0.5, 0.6) is 0 Å². The number of rotatable bonds is 3. The van der Waals surface area contributed by atoms with E-state index in [4.69, 9.17) is 16.4 Å². The molecule has 7 heteroatoms. The van der Waals surface area contributed by atoms with Gasteiger partial charge in [-0.3, -0.25) is 4.79 Å². The smallest absolute Gasteiger partial charge is 0.263 e. The lowest BCUT2D eigenvalue weighted by atomic mass is 10.1. The van der Waals surface area contributed by atoms with Crippen molar-refractivity contribution in [2.75, 3.05) is 19.7 Å². The Balaban J connectivity index is 1.67. The largest absolute Gasteiger partial charge is 0.385 e. The van der Waals surface area contributed by atoms with Gasteiger partial charge < -0.3 is 9.74 Å². The fraction of sp³-hybridized carbons (Fsp3) is 0.462. The Morgan fingerprint density at radius 1 is 1.30 bits per heavy atom. The molecule has 0 spiro atoms. The normalized spacial score (nSPS) is 15.6. The van der Waals surface area contributed by atoms with Gasteiger partial charge in [-0.25, -0.2) is 0 Å². The van der Waals surface area contributed by atoms with Crippen LogP contribution in [0.4, 0.5) is 0 Å². The van der Waals surface area contributed by atoms with Gasteiger partial charge in [0.15, 0.2) is 6.61 Å². The number of nitrogens with zero attached hydrogens (tertiary/aromatic N) is 4. The van der Waals surface area contributed by atoms with Crippen molar-refractivity contribution < 1.29 is 9.63 Å². The van der Waals surface area contributed by atoms with E-state index in [0.29, 0.717) is 16.1 Å². The van der Waals surface area contributed by atoms with Crippen LogP contribution in [-0.4, -0.2) is 45.7 Å². The van der Waals surface area contributed by atoms with Crippen LogP contribution in [0.3, 0.4) is 0 Å². The Labute approximate surface area is 121 Å². The first-order valence-electron chi connectivity index (χ1n) is 6.66. The second-order valence-corrected chi connectivity index (χ2v) is 5.25. The molecule has 3 rings (SSSR count). The molecule has 0 atom stereocenters. The standard InChI is InChI=1S/C13H15ClN4O2/c14-10-4-5-11-12(8-10)18(16-15-11)20-9-13(19)17-6-2-1-3-7-17/h4-5,8H,1-3,6-7,9H2. The van der Waals surface area contributed by atoms with Crippen LogP contribution in [0, 0.1) is 0 Å². The topological polar surface area (TPSA) is 60.3 Å². The van der Waals surface area contributed by atoms with E-state index in [0.717, 1.165) is 25.9 Å². The molecule has 0 saturated carbocycles. The summed E-state index contributed by atoms with van der Waals surface area (Å²) in [5, 5.41) is 8.40. The van der Waals surface area contributed by atoms with E-state index in [1.807, 2.05) is 4.90 Å². The highest BCUT2D eigenvalue weighted by Gasteiger charge is 2.17. The number of carbonyl (C=O) groups excluding carboxylic acids is 1. The molecular formula is C13H15ClN4O2. The number of piperidine rings is 1. The van der Waals surface area contributed by atoms with Gasteiger partial charge in [0.05, 0.1) is 0 Å². The van der Waals surface area contributed by atoms with Crippen molar-refractivity contribution >= 4 is 28.5 Å². The maximum absolute atomic E-state index is 12.0. The van der Waals surface area contributed by atoms with Gasteiger partial charge in [-0.05, 0) is 42.7 Å². The summed E-state index contributed by atoms with van der Waals surface area (Å²) in [6, 6.07) is 5.21. The predicted octanol–water partition coefficient (Wildman–Crippen LogP) is 1.53. The van der Waals surface area contributed by atoms with Crippen LogP contribution in [0.2, 0.25) is 5.02 Å². The van der Waals surface area contributed by atoms with Crippen molar-refractivity contribution in [3.05, 3.63) is 23.2 Å². The van der Waals surface area contributed by atoms with E-state index < -0.39 is 0 Å². The average molecular weight is 295 g/mol. The molecule has 0 N–H and O–H groups in total. The minimum Gasteiger partial charge on any atom is -0.385 e. The molecule has 1 aromatic carbocycles. The number of likely N-dealkylation sites (tertiary alicyclic amines) is 1. The highest BCUT2D eigenvalue weighted by molar-refractivity contribution is 6.31. The molecule has 1 aliphatic rings. The zero-order valence-electron chi connectivity index (χ0n) is 11.0. The predicted molar refractivity (Wildman–Crippen MR) is 74.4 cm³/mol. The number of hydrogen-bond acceptors (Lipinski definition) is 4. The first-order chi connectivity index (χ1) is 9.74. The van der Waals surface area contributed by atoms with E-state index >= 15 is 0 Å². The van der Waals surface area contributed by atoms with E-state index in [1.54, 1.807) is 18.2 Å². The Morgan fingerprint density at radius 2 is 2.10 bits per heavy atom. The van der Waals surface area contributed by atoms with Crippen molar-refractivity contribution in [1.82, 2.24) is 20.1 Å². The summed E-state index contributed by atoms with van der Waals surface area (Å²) < 4.78 is 0. The van der Waals surface area contributed by atoms with Crippen molar-refractivity contribution in [2.45, 2.75) is 19.3 Å². The molecule has 1 saturated heterocycles. The summed E-state index contributed by atoms with van der Waals surface area (Å²) in [4.78, 5) is 20.5. The fourth-order valence-corrected chi connectivity index (χ4v) is 2.48. The summed E-state index contributed by atoms with van der Waals surface area (Å²) in [5.41, 5.74) is 1.34. The quantitative estimate of drug-likeness (QED) is 0.861. The SMILES string of the molecule is O=C(COn1nnc2ccc(Cl)cc21)N1CCCCC1. The second kappa shape index (κ2) is 5.66. The Hall–Kier alpha value is -1.82. The minimum atomic E-state index is -0.0367. The minimum absolute atomic E-state index is 0.0182. The number of carbonyl (C=O) groups is 1. The zero-order chi connectivity index (χ0) is 13.9. The van der Waals surface area contributed by atoms with Crippen LogP contribution in [0.1, 0.15) is 19.3 Å². The number of amides is 1. The molecule has 1 aliphatic heterocycles. The van der Waals surface area contributed by atoms with Crippen molar-refractivity contribution in [3.8, 4) is 0 Å². The van der Waals surface area contributed by atoms with Gasteiger partial charge in [-0.1, -0.05) is 16.4 Å². The molecule has 0 bridgehead atoms. The van der Waals surface area contributed by atoms with Gasteiger partial charge in [-0.15, -0.1) is 5.10 Å². The zero-order valence-corrected chi connectivity index (χ0v) is 11.7. The van der Waals surface area contributed by atoms with E-state index in [2.05, 4.69) is 10.3 Å². The van der Waals surface area contributed by atoms with Gasteiger partial charge >= 0.3 is 0 Å². The second-order valence-electron chi connectivity index (χ2n) is 4.81. The van der Waals surface area contributed by atoms with Gasteiger partial charge in [0.1, 0.15) is 11.0 Å². The third-order valence-corrected chi connectivity index (χ3v) is 3.63.